The number of hydrogen-bond donors (Lipinski definition) is 2. The maximum Gasteiger partial charge on any atom is 0.249 e. The highest BCUT2D eigenvalue weighted by atomic mass is 16.1. The molecule has 5 aromatic rings. The number of nitrogens with one attached hydrogen (secondary N) is 2. The van der Waals surface area contributed by atoms with E-state index >= 15 is 0 Å². The number of fused-ring (bicyclic) bond motifs is 2. The standard InChI is InChI=1S/C20H11N7O/c21-10-11-2-1-3-12(8-11)19-18(13-4-5-14-16(9-13)26-27-25-14)22-15-6-7-17(28)23-20(15)24-19/h1-9H,(H,23,24,28)(H,25,26,27). The number of nitrogens with zero attached hydrogens (tertiary/aromatic N) is 5. The lowest BCUT2D eigenvalue weighted by Crippen LogP contribution is -2.06. The van der Waals surface area contributed by atoms with Crippen molar-refractivity contribution in [2.75, 3.05) is 0 Å². The minimum absolute atomic E-state index is 0.253. The molecule has 0 aliphatic rings. The van der Waals surface area contributed by atoms with Crippen LogP contribution in [0.4, 0.5) is 0 Å². The van der Waals surface area contributed by atoms with Crippen LogP contribution in [0.5, 0.6) is 0 Å². The Morgan fingerprint density at radius 1 is 0.893 bits per heavy atom. The van der Waals surface area contributed by atoms with Gasteiger partial charge in [0.15, 0.2) is 5.65 Å². The summed E-state index contributed by atoms with van der Waals surface area (Å²) in [6, 6.07) is 17.9. The maximum atomic E-state index is 11.7. The molecule has 0 unspecified atom stereocenters. The number of H-pyrrole nitrogens is 2. The smallest absolute Gasteiger partial charge is 0.249 e. The molecule has 0 fully saturated rings. The fourth-order valence-corrected chi connectivity index (χ4v) is 3.10. The zero-order valence-electron chi connectivity index (χ0n) is 14.3. The molecule has 8 nitrogen and oxygen atoms in total. The minimum Gasteiger partial charge on any atom is -0.305 e. The number of nitriles is 1. The summed E-state index contributed by atoms with van der Waals surface area (Å²) in [6.45, 7) is 0. The van der Waals surface area contributed by atoms with Crippen LogP contribution in [0, 0.1) is 11.3 Å². The van der Waals surface area contributed by atoms with Crippen molar-refractivity contribution in [3.8, 4) is 28.6 Å². The summed E-state index contributed by atoms with van der Waals surface area (Å²) in [5.74, 6) is 0. The third-order valence-electron chi connectivity index (χ3n) is 4.42. The van der Waals surface area contributed by atoms with Gasteiger partial charge in [0.25, 0.3) is 0 Å². The molecule has 0 atom stereocenters. The Morgan fingerprint density at radius 2 is 1.71 bits per heavy atom. The van der Waals surface area contributed by atoms with Gasteiger partial charge in [0, 0.05) is 17.2 Å². The van der Waals surface area contributed by atoms with Crippen LogP contribution < -0.4 is 5.56 Å². The molecule has 0 saturated carbocycles. The molecule has 0 aliphatic carbocycles. The van der Waals surface area contributed by atoms with Crippen molar-refractivity contribution in [2.45, 2.75) is 0 Å². The van der Waals surface area contributed by atoms with Crippen LogP contribution in [0.1, 0.15) is 5.56 Å². The monoisotopic (exact) mass is 365 g/mol. The van der Waals surface area contributed by atoms with E-state index in [2.05, 4.69) is 31.4 Å². The zero-order valence-corrected chi connectivity index (χ0v) is 14.3. The molecule has 0 aliphatic heterocycles. The van der Waals surface area contributed by atoms with E-state index in [-0.39, 0.29) is 5.56 Å². The summed E-state index contributed by atoms with van der Waals surface area (Å²) in [5, 5.41) is 19.9. The van der Waals surface area contributed by atoms with Gasteiger partial charge in [0.1, 0.15) is 11.0 Å². The van der Waals surface area contributed by atoms with E-state index in [0.29, 0.717) is 28.1 Å². The third kappa shape index (κ3) is 2.59. The molecular weight excluding hydrogens is 354 g/mol. The fraction of sp³-hybridized carbons (Fsp3) is 0. The second kappa shape index (κ2) is 6.10. The fourth-order valence-electron chi connectivity index (χ4n) is 3.10. The average Bonchev–Trinajstić information content (AvgIpc) is 3.20. The molecule has 132 valence electrons. The van der Waals surface area contributed by atoms with Gasteiger partial charge in [-0.05, 0) is 30.3 Å². The summed E-state index contributed by atoms with van der Waals surface area (Å²) in [4.78, 5) is 23.8. The third-order valence-corrected chi connectivity index (χ3v) is 4.42. The molecule has 5 rings (SSSR count). The number of hydrogen-bond acceptors (Lipinski definition) is 6. The van der Waals surface area contributed by atoms with Gasteiger partial charge in [-0.2, -0.15) is 5.26 Å². The van der Waals surface area contributed by atoms with E-state index in [0.717, 1.165) is 22.2 Å². The SMILES string of the molecule is N#Cc1cccc(-c2nc3[nH]c(=O)ccc3nc2-c2ccc3nn[nH]c3c2)c1. The van der Waals surface area contributed by atoms with Gasteiger partial charge in [-0.3, -0.25) is 9.89 Å². The van der Waals surface area contributed by atoms with Crippen LogP contribution in [-0.4, -0.2) is 30.4 Å². The average molecular weight is 365 g/mol. The van der Waals surface area contributed by atoms with Crippen molar-refractivity contribution in [3.63, 3.8) is 0 Å². The molecule has 8 heteroatoms. The first-order chi connectivity index (χ1) is 13.7. The number of benzene rings is 2. The Balaban J connectivity index is 1.83. The highest BCUT2D eigenvalue weighted by Crippen LogP contribution is 2.31. The summed E-state index contributed by atoms with van der Waals surface area (Å²) in [5.41, 5.74) is 5.48. The van der Waals surface area contributed by atoms with Gasteiger partial charge in [-0.25, -0.2) is 9.97 Å². The van der Waals surface area contributed by atoms with Gasteiger partial charge in [0.2, 0.25) is 5.56 Å². The van der Waals surface area contributed by atoms with Crippen LogP contribution in [0.2, 0.25) is 0 Å². The first-order valence-electron chi connectivity index (χ1n) is 8.44. The molecule has 2 aromatic carbocycles. The van der Waals surface area contributed by atoms with Crippen molar-refractivity contribution in [1.82, 2.24) is 30.4 Å². The Labute approximate surface area is 157 Å². The van der Waals surface area contributed by atoms with Crippen LogP contribution in [0.15, 0.2) is 59.4 Å². The lowest BCUT2D eigenvalue weighted by atomic mass is 10.0. The number of aromatic amines is 2. The highest BCUT2D eigenvalue weighted by Gasteiger charge is 2.15. The van der Waals surface area contributed by atoms with Crippen LogP contribution >= 0.6 is 0 Å². The Hall–Kier alpha value is -4.38. The van der Waals surface area contributed by atoms with Crippen LogP contribution in [-0.2, 0) is 0 Å². The summed E-state index contributed by atoms with van der Waals surface area (Å²) in [7, 11) is 0. The quantitative estimate of drug-likeness (QED) is 0.496. The summed E-state index contributed by atoms with van der Waals surface area (Å²) >= 11 is 0. The predicted molar refractivity (Wildman–Crippen MR) is 103 cm³/mol. The van der Waals surface area contributed by atoms with E-state index in [1.807, 2.05) is 24.3 Å². The molecule has 28 heavy (non-hydrogen) atoms. The number of rotatable bonds is 2. The minimum atomic E-state index is -0.253. The normalized spacial score (nSPS) is 11.0. The Bertz CT molecular complexity index is 1460. The summed E-state index contributed by atoms with van der Waals surface area (Å²) in [6.07, 6.45) is 0. The molecule has 0 bridgehead atoms. The Kier molecular flexibility index (Phi) is 3.45. The first-order valence-corrected chi connectivity index (χ1v) is 8.44. The van der Waals surface area contributed by atoms with Crippen molar-refractivity contribution in [2.24, 2.45) is 0 Å². The topological polar surface area (TPSA) is 124 Å². The van der Waals surface area contributed by atoms with Crippen LogP contribution in [0.25, 0.3) is 44.7 Å². The van der Waals surface area contributed by atoms with E-state index in [1.54, 1.807) is 24.3 Å². The Morgan fingerprint density at radius 3 is 2.61 bits per heavy atom. The lowest BCUT2D eigenvalue weighted by molar-refractivity contribution is 0.959. The van der Waals surface area contributed by atoms with Gasteiger partial charge in [0.05, 0.1) is 28.5 Å². The van der Waals surface area contributed by atoms with Crippen molar-refractivity contribution >= 4 is 22.2 Å². The molecule has 3 aromatic heterocycles. The largest absolute Gasteiger partial charge is 0.305 e. The zero-order chi connectivity index (χ0) is 19.1. The molecule has 0 saturated heterocycles. The van der Waals surface area contributed by atoms with E-state index in [4.69, 9.17) is 4.98 Å². The van der Waals surface area contributed by atoms with Crippen molar-refractivity contribution < 1.29 is 0 Å². The second-order valence-electron chi connectivity index (χ2n) is 6.21. The van der Waals surface area contributed by atoms with E-state index in [1.165, 1.54) is 6.07 Å². The lowest BCUT2D eigenvalue weighted by Gasteiger charge is -2.10. The molecule has 2 N–H and O–H groups in total. The molecular formula is C20H11N7O. The molecule has 3 heterocycles. The van der Waals surface area contributed by atoms with E-state index in [9.17, 15) is 10.1 Å². The van der Waals surface area contributed by atoms with Gasteiger partial charge in [-0.15, -0.1) is 5.10 Å². The molecule has 0 amide bonds. The van der Waals surface area contributed by atoms with Crippen LogP contribution in [0.3, 0.4) is 0 Å². The summed E-state index contributed by atoms with van der Waals surface area (Å²) < 4.78 is 0. The number of pyridine rings is 1. The van der Waals surface area contributed by atoms with E-state index < -0.39 is 0 Å². The van der Waals surface area contributed by atoms with Gasteiger partial charge in [-0.1, -0.05) is 23.4 Å². The van der Waals surface area contributed by atoms with Gasteiger partial charge < -0.3 is 4.98 Å². The molecule has 0 radical (unpaired) electrons. The second-order valence-corrected chi connectivity index (χ2v) is 6.21. The number of aromatic nitrogens is 6. The van der Waals surface area contributed by atoms with Crippen molar-refractivity contribution in [1.29, 1.82) is 5.26 Å². The molecule has 0 spiro atoms. The highest BCUT2D eigenvalue weighted by molar-refractivity contribution is 5.88. The maximum absolute atomic E-state index is 11.7. The predicted octanol–water partition coefficient (Wildman–Crippen LogP) is 2.80. The first kappa shape index (κ1) is 15.8. The van der Waals surface area contributed by atoms with Gasteiger partial charge >= 0.3 is 0 Å². The van der Waals surface area contributed by atoms with Crippen molar-refractivity contribution in [3.05, 3.63) is 70.5 Å².